The van der Waals surface area contributed by atoms with Crippen molar-refractivity contribution >= 4 is 11.6 Å². The Morgan fingerprint density at radius 3 is 2.33 bits per heavy atom. The summed E-state index contributed by atoms with van der Waals surface area (Å²) in [5.41, 5.74) is 3.32. The molecule has 0 radical (unpaired) electrons. The van der Waals surface area contributed by atoms with Crippen LogP contribution in [0.1, 0.15) is 15.9 Å². The number of aryl methyl sites for hydroxylation is 1. The van der Waals surface area contributed by atoms with Gasteiger partial charge in [0, 0.05) is 41.5 Å². The number of hydrogen-bond donors (Lipinski definition) is 1. The largest absolute Gasteiger partial charge is 0.322 e. The van der Waals surface area contributed by atoms with E-state index in [1.165, 1.54) is 12.3 Å². The summed E-state index contributed by atoms with van der Waals surface area (Å²) in [5, 5.41) is 2.56. The van der Waals surface area contributed by atoms with Crippen molar-refractivity contribution < 1.29 is 13.6 Å². The first-order valence-corrected chi connectivity index (χ1v) is 9.12. The minimum atomic E-state index is -1.05. The molecule has 0 atom stereocenters. The van der Waals surface area contributed by atoms with Crippen LogP contribution in [0.4, 0.5) is 14.5 Å². The maximum atomic E-state index is 13.5. The molecule has 7 heteroatoms. The van der Waals surface area contributed by atoms with Crippen LogP contribution in [0.3, 0.4) is 0 Å². The van der Waals surface area contributed by atoms with E-state index in [4.69, 9.17) is 0 Å². The highest BCUT2D eigenvalue weighted by Crippen LogP contribution is 2.25. The van der Waals surface area contributed by atoms with E-state index in [0.717, 1.165) is 23.3 Å². The molecule has 4 rings (SSSR count). The molecule has 0 fully saturated rings. The van der Waals surface area contributed by atoms with Gasteiger partial charge in [0.25, 0.3) is 5.91 Å². The lowest BCUT2D eigenvalue weighted by Crippen LogP contribution is -2.15. The minimum Gasteiger partial charge on any atom is -0.322 e. The van der Waals surface area contributed by atoms with E-state index in [0.29, 0.717) is 17.1 Å². The van der Waals surface area contributed by atoms with Crippen molar-refractivity contribution in [3.63, 3.8) is 0 Å². The number of nitrogens with one attached hydrogen (secondary N) is 1. The van der Waals surface area contributed by atoms with Gasteiger partial charge in [-0.1, -0.05) is 29.8 Å². The van der Waals surface area contributed by atoms with Crippen LogP contribution in [0, 0.1) is 18.6 Å². The maximum absolute atomic E-state index is 13.5. The molecule has 2 aromatic carbocycles. The maximum Gasteiger partial charge on any atom is 0.259 e. The monoisotopic (exact) mass is 402 g/mol. The Kier molecular flexibility index (Phi) is 5.26. The first kappa shape index (κ1) is 19.3. The number of carbonyl (C=O) groups is 1. The average molecular weight is 402 g/mol. The van der Waals surface area contributed by atoms with Crippen LogP contribution < -0.4 is 5.32 Å². The molecule has 2 aromatic heterocycles. The number of amides is 1. The van der Waals surface area contributed by atoms with Gasteiger partial charge < -0.3 is 5.32 Å². The van der Waals surface area contributed by atoms with Crippen molar-refractivity contribution in [1.29, 1.82) is 0 Å². The zero-order valence-corrected chi connectivity index (χ0v) is 15.9. The summed E-state index contributed by atoms with van der Waals surface area (Å²) in [4.78, 5) is 25.8. The van der Waals surface area contributed by atoms with Gasteiger partial charge in [-0.25, -0.2) is 18.7 Å². The fraction of sp³-hybridized carbons (Fsp3) is 0.0435. The standard InChI is InChI=1S/C23H16F2N4O/c1-14-2-4-16(5-3-14)22-27-13-18(21(29-22)15-8-10-26-11-9-15)23(30)28-17-6-7-19(24)20(25)12-17/h2-13H,1H3,(H,28,30). The van der Waals surface area contributed by atoms with E-state index >= 15 is 0 Å². The predicted octanol–water partition coefficient (Wildman–Crippen LogP) is 5.04. The molecule has 30 heavy (non-hydrogen) atoms. The lowest BCUT2D eigenvalue weighted by molar-refractivity contribution is 0.102. The number of hydrogen-bond acceptors (Lipinski definition) is 4. The first-order chi connectivity index (χ1) is 14.5. The molecule has 1 amide bonds. The van der Waals surface area contributed by atoms with Crippen LogP contribution in [-0.2, 0) is 0 Å². The fourth-order valence-corrected chi connectivity index (χ4v) is 2.89. The Labute approximate surface area is 171 Å². The van der Waals surface area contributed by atoms with Crippen LogP contribution >= 0.6 is 0 Å². The number of carbonyl (C=O) groups excluding carboxylic acids is 1. The van der Waals surface area contributed by atoms with E-state index in [9.17, 15) is 13.6 Å². The number of pyridine rings is 1. The van der Waals surface area contributed by atoms with Crippen molar-refractivity contribution in [3.8, 4) is 22.6 Å². The number of aromatic nitrogens is 3. The highest BCUT2D eigenvalue weighted by molar-refractivity contribution is 6.08. The normalized spacial score (nSPS) is 10.6. The molecular formula is C23H16F2N4O. The van der Waals surface area contributed by atoms with Gasteiger partial charge in [-0.15, -0.1) is 0 Å². The van der Waals surface area contributed by atoms with Gasteiger partial charge in [0.05, 0.1) is 11.3 Å². The molecule has 0 aliphatic heterocycles. The van der Waals surface area contributed by atoms with E-state index in [2.05, 4.69) is 20.3 Å². The molecule has 0 unspecified atom stereocenters. The van der Waals surface area contributed by atoms with E-state index in [-0.39, 0.29) is 11.3 Å². The van der Waals surface area contributed by atoms with E-state index < -0.39 is 17.5 Å². The smallest absolute Gasteiger partial charge is 0.259 e. The van der Waals surface area contributed by atoms with Gasteiger partial charge in [-0.05, 0) is 31.2 Å². The third-order valence-corrected chi connectivity index (χ3v) is 4.47. The summed E-state index contributed by atoms with van der Waals surface area (Å²) in [6.45, 7) is 1.98. The quantitative estimate of drug-likeness (QED) is 0.519. The van der Waals surface area contributed by atoms with Crippen molar-refractivity contribution in [1.82, 2.24) is 15.0 Å². The Balaban J connectivity index is 1.75. The summed E-state index contributed by atoms with van der Waals surface area (Å²) in [6, 6.07) is 14.3. The molecule has 0 aliphatic rings. The molecule has 0 saturated carbocycles. The topological polar surface area (TPSA) is 67.8 Å². The Bertz CT molecular complexity index is 1210. The molecule has 4 aromatic rings. The van der Waals surface area contributed by atoms with Crippen LogP contribution in [0.5, 0.6) is 0 Å². The Hall–Kier alpha value is -4.00. The van der Waals surface area contributed by atoms with Gasteiger partial charge in [-0.2, -0.15) is 0 Å². The van der Waals surface area contributed by atoms with Gasteiger partial charge >= 0.3 is 0 Å². The van der Waals surface area contributed by atoms with Gasteiger partial charge in [0.15, 0.2) is 17.5 Å². The number of benzene rings is 2. The van der Waals surface area contributed by atoms with Crippen molar-refractivity contribution in [2.45, 2.75) is 6.92 Å². The number of anilines is 1. The van der Waals surface area contributed by atoms with Crippen LogP contribution in [0.2, 0.25) is 0 Å². The summed E-state index contributed by atoms with van der Waals surface area (Å²) in [7, 11) is 0. The number of rotatable bonds is 4. The average Bonchev–Trinajstić information content (AvgIpc) is 2.77. The third kappa shape index (κ3) is 4.05. The summed E-state index contributed by atoms with van der Waals surface area (Å²) in [6.07, 6.45) is 4.62. The van der Waals surface area contributed by atoms with Crippen LogP contribution in [0.25, 0.3) is 22.6 Å². The molecular weight excluding hydrogens is 386 g/mol. The van der Waals surface area contributed by atoms with Crippen LogP contribution in [-0.4, -0.2) is 20.9 Å². The fourth-order valence-electron chi connectivity index (χ4n) is 2.89. The molecule has 148 valence electrons. The number of nitrogens with zero attached hydrogens (tertiary/aromatic N) is 3. The van der Waals surface area contributed by atoms with E-state index in [1.54, 1.807) is 24.5 Å². The molecule has 0 aliphatic carbocycles. The van der Waals surface area contributed by atoms with Crippen molar-refractivity contribution in [2.75, 3.05) is 5.32 Å². The van der Waals surface area contributed by atoms with E-state index in [1.807, 2.05) is 31.2 Å². The molecule has 1 N–H and O–H groups in total. The van der Waals surface area contributed by atoms with Crippen LogP contribution in [0.15, 0.2) is 73.2 Å². The first-order valence-electron chi connectivity index (χ1n) is 9.12. The summed E-state index contributed by atoms with van der Waals surface area (Å²) >= 11 is 0. The second-order valence-electron chi connectivity index (χ2n) is 6.64. The number of halogens is 2. The molecule has 0 spiro atoms. The molecule has 0 bridgehead atoms. The SMILES string of the molecule is Cc1ccc(-c2ncc(C(=O)Nc3ccc(F)c(F)c3)c(-c3ccncc3)n2)cc1. The lowest BCUT2D eigenvalue weighted by Gasteiger charge is -2.11. The highest BCUT2D eigenvalue weighted by atomic mass is 19.2. The molecule has 5 nitrogen and oxygen atoms in total. The third-order valence-electron chi connectivity index (χ3n) is 4.47. The molecule has 2 heterocycles. The highest BCUT2D eigenvalue weighted by Gasteiger charge is 2.18. The van der Waals surface area contributed by atoms with Gasteiger partial charge in [0.2, 0.25) is 0 Å². The zero-order valence-electron chi connectivity index (χ0n) is 15.9. The zero-order chi connectivity index (χ0) is 21.1. The van der Waals surface area contributed by atoms with Crippen molar-refractivity contribution in [2.24, 2.45) is 0 Å². The minimum absolute atomic E-state index is 0.127. The summed E-state index contributed by atoms with van der Waals surface area (Å²) < 4.78 is 26.6. The van der Waals surface area contributed by atoms with Gasteiger partial charge in [0.1, 0.15) is 0 Å². The second-order valence-corrected chi connectivity index (χ2v) is 6.64. The van der Waals surface area contributed by atoms with Gasteiger partial charge in [-0.3, -0.25) is 9.78 Å². The summed E-state index contributed by atoms with van der Waals surface area (Å²) in [5.74, 6) is -2.11. The predicted molar refractivity (Wildman–Crippen MR) is 110 cm³/mol. The lowest BCUT2D eigenvalue weighted by atomic mass is 10.1. The second kappa shape index (κ2) is 8.16. The Morgan fingerprint density at radius 1 is 0.900 bits per heavy atom. The molecule has 0 saturated heterocycles. The Morgan fingerprint density at radius 2 is 1.63 bits per heavy atom. The van der Waals surface area contributed by atoms with Crippen molar-refractivity contribution in [3.05, 3.63) is 95.9 Å².